The molecule has 0 atom stereocenters. The molecule has 2 aromatic heterocycles. The molecule has 2 N–H and O–H groups in total. The van der Waals surface area contributed by atoms with Gasteiger partial charge in [-0.05, 0) is 36.4 Å². The van der Waals surface area contributed by atoms with Gasteiger partial charge in [-0.25, -0.2) is 9.97 Å². The Bertz CT molecular complexity index is 915. The van der Waals surface area contributed by atoms with Crippen LogP contribution in [-0.4, -0.2) is 28.0 Å². The summed E-state index contributed by atoms with van der Waals surface area (Å²) in [5.74, 6) is 0.479. The lowest BCUT2D eigenvalue weighted by Gasteiger charge is -2.07. The highest BCUT2D eigenvalue weighted by atomic mass is 16.5. The van der Waals surface area contributed by atoms with Crippen LogP contribution in [-0.2, 0) is 6.54 Å². The van der Waals surface area contributed by atoms with Crippen LogP contribution in [0.5, 0.6) is 5.75 Å². The number of aromatic amines is 1. The topological polar surface area (TPSA) is 97.0 Å². The molecule has 0 fully saturated rings. The second kappa shape index (κ2) is 7.39. The number of nitrogens with one attached hydrogen (secondary N) is 2. The van der Waals surface area contributed by atoms with Gasteiger partial charge in [-0.1, -0.05) is 0 Å². The van der Waals surface area contributed by atoms with E-state index in [1.807, 2.05) is 30.3 Å². The van der Waals surface area contributed by atoms with Crippen LogP contribution in [0.2, 0.25) is 0 Å². The fourth-order valence-corrected chi connectivity index (χ4v) is 2.24. The lowest BCUT2D eigenvalue weighted by molar-refractivity contribution is 0.0950. The molecule has 7 heteroatoms. The molecule has 0 aliphatic carbocycles. The fraction of sp³-hybridized carbons (Fsp3) is 0.111. The van der Waals surface area contributed by atoms with Crippen molar-refractivity contribution in [2.45, 2.75) is 6.54 Å². The number of H-pyrrole nitrogens is 1. The van der Waals surface area contributed by atoms with Crippen molar-refractivity contribution in [3.63, 3.8) is 0 Å². The summed E-state index contributed by atoms with van der Waals surface area (Å²) in [5, 5.41) is 2.76. The Hall–Kier alpha value is -3.48. The van der Waals surface area contributed by atoms with Gasteiger partial charge in [0.15, 0.2) is 0 Å². The fourth-order valence-electron chi connectivity index (χ4n) is 2.24. The first-order chi connectivity index (χ1) is 12.2. The van der Waals surface area contributed by atoms with Crippen LogP contribution in [0.25, 0.3) is 11.3 Å². The number of pyridine rings is 1. The van der Waals surface area contributed by atoms with Crippen molar-refractivity contribution in [3.8, 4) is 17.0 Å². The Morgan fingerprint density at radius 3 is 2.64 bits per heavy atom. The Balaban J connectivity index is 1.69. The van der Waals surface area contributed by atoms with E-state index in [-0.39, 0.29) is 18.0 Å². The van der Waals surface area contributed by atoms with Crippen molar-refractivity contribution in [1.29, 1.82) is 0 Å². The molecule has 0 aliphatic rings. The molecular weight excluding hydrogens is 320 g/mol. The molecule has 0 unspecified atom stereocenters. The highest BCUT2D eigenvalue weighted by Gasteiger charge is 2.07. The molecule has 0 bridgehead atoms. The van der Waals surface area contributed by atoms with Crippen molar-refractivity contribution in [2.75, 3.05) is 7.11 Å². The largest absolute Gasteiger partial charge is 0.497 e. The zero-order valence-electron chi connectivity index (χ0n) is 13.5. The van der Waals surface area contributed by atoms with E-state index in [0.717, 1.165) is 17.0 Å². The van der Waals surface area contributed by atoms with Crippen LogP contribution in [0, 0.1) is 0 Å². The van der Waals surface area contributed by atoms with Gasteiger partial charge in [0, 0.05) is 17.8 Å². The summed E-state index contributed by atoms with van der Waals surface area (Å²) >= 11 is 0. The average molecular weight is 336 g/mol. The van der Waals surface area contributed by atoms with Gasteiger partial charge in [0.05, 0.1) is 30.6 Å². The third-order valence-electron chi connectivity index (χ3n) is 3.59. The van der Waals surface area contributed by atoms with E-state index in [9.17, 15) is 9.59 Å². The monoisotopic (exact) mass is 336 g/mol. The molecule has 3 rings (SSSR count). The van der Waals surface area contributed by atoms with Gasteiger partial charge in [0.25, 0.3) is 5.91 Å². The molecule has 1 amide bonds. The van der Waals surface area contributed by atoms with Crippen LogP contribution < -0.4 is 15.6 Å². The molecule has 0 aliphatic heterocycles. The van der Waals surface area contributed by atoms with E-state index in [1.54, 1.807) is 7.11 Å². The van der Waals surface area contributed by atoms with Gasteiger partial charge in [-0.3, -0.25) is 9.59 Å². The molecule has 0 spiro atoms. The molecule has 0 saturated carbocycles. The average Bonchev–Trinajstić information content (AvgIpc) is 2.67. The Morgan fingerprint density at radius 2 is 1.96 bits per heavy atom. The van der Waals surface area contributed by atoms with Crippen molar-refractivity contribution in [1.82, 2.24) is 20.3 Å². The Morgan fingerprint density at radius 1 is 1.16 bits per heavy atom. The molecule has 25 heavy (non-hydrogen) atoms. The Kier molecular flexibility index (Phi) is 4.84. The van der Waals surface area contributed by atoms with Gasteiger partial charge in [0.1, 0.15) is 12.1 Å². The van der Waals surface area contributed by atoms with Gasteiger partial charge < -0.3 is 15.0 Å². The van der Waals surface area contributed by atoms with Crippen LogP contribution in [0.15, 0.2) is 59.8 Å². The molecular formula is C18H16N4O3. The summed E-state index contributed by atoms with van der Waals surface area (Å²) in [6.07, 6.45) is 2.83. The number of methoxy groups -OCH3 is 1. The molecule has 3 aromatic rings. The molecule has 0 saturated heterocycles. The first-order valence-electron chi connectivity index (χ1n) is 7.58. The predicted octanol–water partition coefficient (Wildman–Crippen LogP) is 1.77. The highest BCUT2D eigenvalue weighted by Crippen LogP contribution is 2.20. The minimum atomic E-state index is -0.291. The third-order valence-corrected chi connectivity index (χ3v) is 3.59. The molecule has 126 valence electrons. The molecule has 7 nitrogen and oxygen atoms in total. The zero-order chi connectivity index (χ0) is 17.6. The van der Waals surface area contributed by atoms with Crippen molar-refractivity contribution < 1.29 is 9.53 Å². The molecule has 2 heterocycles. The van der Waals surface area contributed by atoms with E-state index >= 15 is 0 Å². The number of ether oxygens (including phenoxy) is 1. The quantitative estimate of drug-likeness (QED) is 0.740. The second-order valence-corrected chi connectivity index (χ2v) is 5.25. The number of nitrogens with zero attached hydrogens (tertiary/aromatic N) is 2. The van der Waals surface area contributed by atoms with Crippen LogP contribution in [0.4, 0.5) is 0 Å². The third kappa shape index (κ3) is 4.08. The van der Waals surface area contributed by atoms with Gasteiger partial charge in [0.2, 0.25) is 5.56 Å². The van der Waals surface area contributed by atoms with Crippen molar-refractivity contribution in [3.05, 3.63) is 76.6 Å². The number of amides is 1. The van der Waals surface area contributed by atoms with Crippen molar-refractivity contribution in [2.24, 2.45) is 0 Å². The van der Waals surface area contributed by atoms with E-state index in [4.69, 9.17) is 4.74 Å². The lowest BCUT2D eigenvalue weighted by Crippen LogP contribution is -2.24. The normalized spacial score (nSPS) is 10.3. The smallest absolute Gasteiger partial charge is 0.253 e. The van der Waals surface area contributed by atoms with Gasteiger partial charge in [-0.2, -0.15) is 0 Å². The standard InChI is InChI=1S/C18H16N4O3/c1-25-15-5-2-12(3-6-15)16-8-14(21-11-22-16)10-20-18(24)13-4-7-17(23)19-9-13/h2-9,11H,10H2,1H3,(H,19,23)(H,20,24). The lowest BCUT2D eigenvalue weighted by atomic mass is 10.1. The van der Waals surface area contributed by atoms with E-state index in [2.05, 4.69) is 20.3 Å². The van der Waals surface area contributed by atoms with E-state index in [1.165, 1.54) is 24.7 Å². The summed E-state index contributed by atoms with van der Waals surface area (Å²) in [5.41, 5.74) is 2.49. The minimum absolute atomic E-state index is 0.253. The number of hydrogen-bond donors (Lipinski definition) is 2. The number of rotatable bonds is 5. The number of hydrogen-bond acceptors (Lipinski definition) is 5. The van der Waals surface area contributed by atoms with E-state index in [0.29, 0.717) is 11.3 Å². The maximum atomic E-state index is 12.1. The van der Waals surface area contributed by atoms with Crippen LogP contribution >= 0.6 is 0 Å². The predicted molar refractivity (Wildman–Crippen MR) is 92.3 cm³/mol. The van der Waals surface area contributed by atoms with Crippen molar-refractivity contribution >= 4 is 5.91 Å². The maximum absolute atomic E-state index is 12.1. The number of aromatic nitrogens is 3. The summed E-state index contributed by atoms with van der Waals surface area (Å²) in [6, 6.07) is 12.1. The number of carbonyl (C=O) groups excluding carboxylic acids is 1. The highest BCUT2D eigenvalue weighted by molar-refractivity contribution is 5.93. The SMILES string of the molecule is COc1ccc(-c2cc(CNC(=O)c3ccc(=O)[nH]c3)ncn2)cc1. The molecule has 1 aromatic carbocycles. The first-order valence-corrected chi connectivity index (χ1v) is 7.58. The minimum Gasteiger partial charge on any atom is -0.497 e. The number of carbonyl (C=O) groups is 1. The van der Waals surface area contributed by atoms with Gasteiger partial charge >= 0.3 is 0 Å². The summed E-state index contributed by atoms with van der Waals surface area (Å²) in [6.45, 7) is 0.254. The second-order valence-electron chi connectivity index (χ2n) is 5.25. The maximum Gasteiger partial charge on any atom is 0.253 e. The van der Waals surface area contributed by atoms with Crippen LogP contribution in [0.1, 0.15) is 16.1 Å². The summed E-state index contributed by atoms with van der Waals surface area (Å²) in [4.78, 5) is 34.0. The van der Waals surface area contributed by atoms with Gasteiger partial charge in [-0.15, -0.1) is 0 Å². The van der Waals surface area contributed by atoms with E-state index < -0.39 is 0 Å². The Labute approximate surface area is 143 Å². The first kappa shape index (κ1) is 16.4. The summed E-state index contributed by atoms with van der Waals surface area (Å²) < 4.78 is 5.14. The zero-order valence-corrected chi connectivity index (χ0v) is 13.5. The molecule has 0 radical (unpaired) electrons. The summed E-state index contributed by atoms with van der Waals surface area (Å²) in [7, 11) is 1.61. The number of benzene rings is 1. The van der Waals surface area contributed by atoms with Crippen LogP contribution in [0.3, 0.4) is 0 Å².